The number of imide groups is 2. The van der Waals surface area contributed by atoms with E-state index in [1.165, 1.54) is 36.4 Å². The molecule has 0 atom stereocenters. The van der Waals surface area contributed by atoms with E-state index >= 15 is 0 Å². The van der Waals surface area contributed by atoms with Crippen molar-refractivity contribution in [3.05, 3.63) is 155 Å². The van der Waals surface area contributed by atoms with E-state index in [0.717, 1.165) is 9.80 Å². The van der Waals surface area contributed by atoms with Crippen LogP contribution in [-0.2, 0) is 33.3 Å². The molecular weight excluding hydrogens is 965 g/mol. The molecule has 13 rings (SSSR count). The number of benzene rings is 6. The third-order valence-corrected chi connectivity index (χ3v) is 14.6. The second kappa shape index (κ2) is 15.1. The molecule has 0 aliphatic carbocycles. The highest BCUT2D eigenvalue weighted by molar-refractivity contribution is 7.86. The van der Waals surface area contributed by atoms with Crippen LogP contribution in [0.5, 0.6) is 0 Å². The summed E-state index contributed by atoms with van der Waals surface area (Å²) in [6, 6.07) is 31.1. The lowest BCUT2D eigenvalue weighted by Gasteiger charge is -2.14. The molecule has 0 radical (unpaired) electrons. The van der Waals surface area contributed by atoms with Gasteiger partial charge >= 0.3 is 0 Å². The predicted octanol–water partition coefficient (Wildman–Crippen LogP) is 6.86. The van der Waals surface area contributed by atoms with Gasteiger partial charge in [-0.25, -0.2) is 29.9 Å². The molecule has 0 spiro atoms. The quantitative estimate of drug-likeness (QED) is 0.0977. The molecule has 72 heavy (non-hydrogen) atoms. The van der Waals surface area contributed by atoms with Gasteiger partial charge in [0.05, 0.1) is 45.1 Å². The maximum absolute atomic E-state index is 13.5. The second-order valence-electron chi connectivity index (χ2n) is 17.2. The molecule has 6 aromatic carbocycles. The van der Waals surface area contributed by atoms with Gasteiger partial charge in [0.25, 0.3) is 43.9 Å². The minimum atomic E-state index is -4.73. The Kier molecular flexibility index (Phi) is 9.01. The fourth-order valence-electron chi connectivity index (χ4n) is 9.49. The number of nitrogens with zero attached hydrogens (tertiary/aromatic N) is 8. The van der Waals surface area contributed by atoms with Crippen LogP contribution >= 0.6 is 0 Å². The van der Waals surface area contributed by atoms with Gasteiger partial charge in [-0.15, -0.1) is 0 Å². The first kappa shape index (κ1) is 42.8. The second-order valence-corrected chi connectivity index (χ2v) is 20.1. The standard InChI is InChI=1S/C50H28N10O10S2/c61-47-31-5-1-2-6-32(31)48(62)59(47)21-23-9-13-27-35(17-23)44-52-39(27)51-43-36-18-24(22-60-49(63)33-7-3-4-8-34(33)50(60)64)10-14-28(36)40(53-43)55-45-38-20-26(72(68,69)70)12-16-30(38)42(57-45)58-46-37-19-25(71(65,66)67)11-15-29(37)41(54-44)56-46/h1-20H,21-22H2,(H,65,66,67)(H,68,69,70)(H2,51,52,53,54,55,56,57,58). The lowest BCUT2D eigenvalue weighted by molar-refractivity contribution is 0.0627. The molecule has 5 aliphatic rings. The lowest BCUT2D eigenvalue weighted by Crippen LogP contribution is -2.29. The van der Waals surface area contributed by atoms with Crippen molar-refractivity contribution in [3.8, 4) is 68.3 Å². The number of aromatic nitrogens is 8. The highest BCUT2D eigenvalue weighted by Gasteiger charge is 2.37. The van der Waals surface area contributed by atoms with E-state index < -0.39 is 53.7 Å². The van der Waals surface area contributed by atoms with Gasteiger partial charge in [-0.1, -0.05) is 48.5 Å². The van der Waals surface area contributed by atoms with Crippen LogP contribution in [0.3, 0.4) is 0 Å². The minimum Gasteiger partial charge on any atom is -0.324 e. The van der Waals surface area contributed by atoms with Crippen molar-refractivity contribution < 1.29 is 45.1 Å². The number of hydrogen-bond acceptors (Lipinski definition) is 14. The van der Waals surface area contributed by atoms with Gasteiger partial charge in [0.2, 0.25) is 0 Å². The zero-order valence-electron chi connectivity index (χ0n) is 36.5. The van der Waals surface area contributed by atoms with Crippen LogP contribution in [0.4, 0.5) is 0 Å². The molecule has 8 aromatic rings. The smallest absolute Gasteiger partial charge is 0.294 e. The number of amides is 4. The first-order valence-electron chi connectivity index (χ1n) is 21.8. The van der Waals surface area contributed by atoms with E-state index in [2.05, 4.69) is 9.97 Å². The first-order valence-corrected chi connectivity index (χ1v) is 24.7. The molecule has 22 heteroatoms. The molecule has 4 amide bonds. The Morgan fingerprint density at radius 1 is 0.389 bits per heavy atom. The number of carbonyl (C=O) groups is 4. The number of aromatic amines is 2. The fourth-order valence-corrected chi connectivity index (χ4v) is 10.5. The zero-order valence-corrected chi connectivity index (χ0v) is 38.1. The van der Waals surface area contributed by atoms with Crippen molar-refractivity contribution in [2.24, 2.45) is 0 Å². The van der Waals surface area contributed by atoms with Crippen molar-refractivity contribution in [3.63, 3.8) is 0 Å². The van der Waals surface area contributed by atoms with Crippen LogP contribution in [0.2, 0.25) is 0 Å². The zero-order chi connectivity index (χ0) is 49.5. The van der Waals surface area contributed by atoms with E-state index in [9.17, 15) is 45.1 Å². The molecular formula is C50H28N10O10S2. The minimum absolute atomic E-state index is 0.0245. The molecule has 7 heterocycles. The number of nitrogens with one attached hydrogen (secondary N) is 2. The average molecular weight is 993 g/mol. The van der Waals surface area contributed by atoms with Crippen LogP contribution in [-0.4, -0.2) is 99.2 Å². The highest BCUT2D eigenvalue weighted by Crippen LogP contribution is 2.42. The van der Waals surface area contributed by atoms with Crippen LogP contribution in [0.15, 0.2) is 131 Å². The maximum atomic E-state index is 13.5. The molecule has 2 aromatic heterocycles. The van der Waals surface area contributed by atoms with E-state index in [1.807, 2.05) is 0 Å². The molecule has 20 nitrogen and oxygen atoms in total. The maximum Gasteiger partial charge on any atom is 0.294 e. The van der Waals surface area contributed by atoms with Crippen LogP contribution in [0.1, 0.15) is 52.6 Å². The molecule has 0 fully saturated rings. The van der Waals surface area contributed by atoms with Crippen molar-refractivity contribution in [1.82, 2.24) is 49.7 Å². The first-order chi connectivity index (χ1) is 34.6. The fraction of sp³-hybridized carbons (Fsp3) is 0.0400. The summed E-state index contributed by atoms with van der Waals surface area (Å²) in [5.41, 5.74) is 4.54. The van der Waals surface area contributed by atoms with E-state index in [0.29, 0.717) is 44.2 Å². The summed E-state index contributed by atoms with van der Waals surface area (Å²) in [7, 11) is -9.45. The summed E-state index contributed by atoms with van der Waals surface area (Å²) in [5.74, 6) is -1.45. The molecule has 0 saturated heterocycles. The number of hydrogen-bond donors (Lipinski definition) is 4. The number of carbonyl (C=O) groups excluding carboxylic acids is 4. The van der Waals surface area contributed by atoms with E-state index in [-0.39, 0.29) is 92.7 Å². The largest absolute Gasteiger partial charge is 0.324 e. The van der Waals surface area contributed by atoms with Crippen molar-refractivity contribution in [1.29, 1.82) is 0 Å². The van der Waals surface area contributed by atoms with Crippen LogP contribution < -0.4 is 0 Å². The normalized spacial score (nSPS) is 14.1. The van der Waals surface area contributed by atoms with Crippen molar-refractivity contribution in [2.75, 3.05) is 0 Å². The Bertz CT molecular complexity index is 4290. The number of rotatable bonds is 6. The van der Waals surface area contributed by atoms with E-state index in [4.69, 9.17) is 29.9 Å². The summed E-state index contributed by atoms with van der Waals surface area (Å²) < 4.78 is 70.0. The molecule has 8 bridgehead atoms. The van der Waals surface area contributed by atoms with Gasteiger partial charge in [-0.3, -0.25) is 38.1 Å². The summed E-state index contributed by atoms with van der Waals surface area (Å²) in [6.07, 6.45) is 0. The Labute approximate surface area is 405 Å². The Balaban J connectivity index is 1.06. The molecule has 350 valence electrons. The number of H-pyrrole nitrogens is 2. The topological polar surface area (TPSA) is 292 Å². The Hall–Kier alpha value is -9.22. The predicted molar refractivity (Wildman–Crippen MR) is 255 cm³/mol. The third kappa shape index (κ3) is 6.65. The molecule has 0 unspecified atom stereocenters. The van der Waals surface area contributed by atoms with Gasteiger partial charge in [0.15, 0.2) is 23.3 Å². The number of fused-ring (bicyclic) bond motifs is 22. The molecule has 4 N–H and O–H groups in total. The van der Waals surface area contributed by atoms with Gasteiger partial charge in [0.1, 0.15) is 22.9 Å². The van der Waals surface area contributed by atoms with Crippen molar-refractivity contribution in [2.45, 2.75) is 22.9 Å². The molecule has 5 aliphatic heterocycles. The monoisotopic (exact) mass is 992 g/mol. The Morgan fingerprint density at radius 2 is 0.806 bits per heavy atom. The summed E-state index contributed by atoms with van der Waals surface area (Å²) in [5, 5.41) is 0.954. The van der Waals surface area contributed by atoms with Gasteiger partial charge in [-0.2, -0.15) is 16.8 Å². The van der Waals surface area contributed by atoms with Crippen molar-refractivity contribution >= 4 is 65.9 Å². The Morgan fingerprint density at radius 3 is 1.38 bits per heavy atom. The SMILES string of the molecule is O=C1c2ccccc2C(=O)N1Cc1ccc2c(c1)-c1nc-2nc2[nH]c(nc3nc([nH]c4nc(n1)-c1ccc(S(=O)(=O)O)cc1-4)-c1ccc(S(=O)(=O)O)cc1-3)c1ccc(CN3C(=O)c4ccccc4C3=O)cc21. The van der Waals surface area contributed by atoms with Crippen LogP contribution in [0.25, 0.3) is 90.4 Å². The third-order valence-electron chi connectivity index (χ3n) is 12.9. The van der Waals surface area contributed by atoms with E-state index in [1.54, 1.807) is 84.9 Å². The highest BCUT2D eigenvalue weighted by atomic mass is 32.2. The van der Waals surface area contributed by atoms with Gasteiger partial charge < -0.3 is 9.97 Å². The van der Waals surface area contributed by atoms with Crippen LogP contribution in [0, 0.1) is 0 Å². The summed E-state index contributed by atoms with van der Waals surface area (Å²) in [4.78, 5) is 91.0. The average Bonchev–Trinajstić information content (AvgIpc) is 4.18. The summed E-state index contributed by atoms with van der Waals surface area (Å²) >= 11 is 0. The lowest BCUT2D eigenvalue weighted by atomic mass is 10.0. The van der Waals surface area contributed by atoms with Gasteiger partial charge in [0, 0.05) is 44.2 Å². The summed E-state index contributed by atoms with van der Waals surface area (Å²) in [6.45, 7) is -0.188. The molecule has 0 saturated carbocycles. The van der Waals surface area contributed by atoms with Gasteiger partial charge in [-0.05, 0) is 83.9 Å².